The Hall–Kier alpha value is -3.08. The van der Waals surface area contributed by atoms with Gasteiger partial charge in [-0.3, -0.25) is 0 Å². The molecular formula is C20H19NO4. The number of amides is 1. The van der Waals surface area contributed by atoms with E-state index in [1.54, 1.807) is 29.2 Å². The summed E-state index contributed by atoms with van der Waals surface area (Å²) >= 11 is 0. The van der Waals surface area contributed by atoms with E-state index >= 15 is 0 Å². The van der Waals surface area contributed by atoms with Gasteiger partial charge in [0.1, 0.15) is 6.61 Å². The molecule has 0 radical (unpaired) electrons. The van der Waals surface area contributed by atoms with Crippen LogP contribution in [-0.2, 0) is 11.3 Å². The molecule has 1 aliphatic rings. The van der Waals surface area contributed by atoms with E-state index in [1.165, 1.54) is 0 Å². The first-order valence-electron chi connectivity index (χ1n) is 8.12. The van der Waals surface area contributed by atoms with Crippen molar-refractivity contribution in [1.29, 1.82) is 0 Å². The Balaban J connectivity index is 1.56. The smallest absolute Gasteiger partial charge is 0.410 e. The molecule has 0 saturated heterocycles. The molecule has 0 unspecified atom stereocenters. The van der Waals surface area contributed by atoms with Crippen LogP contribution in [0.1, 0.15) is 27.9 Å². The fourth-order valence-corrected chi connectivity index (χ4v) is 2.73. The first kappa shape index (κ1) is 16.8. The second-order valence-corrected chi connectivity index (χ2v) is 5.85. The lowest BCUT2D eigenvalue weighted by atomic mass is 9.98. The quantitative estimate of drug-likeness (QED) is 0.921. The van der Waals surface area contributed by atoms with Gasteiger partial charge in [0, 0.05) is 13.1 Å². The highest BCUT2D eigenvalue weighted by Gasteiger charge is 2.19. The maximum absolute atomic E-state index is 12.1. The van der Waals surface area contributed by atoms with E-state index in [-0.39, 0.29) is 18.3 Å². The molecule has 2 aromatic carbocycles. The number of carbonyl (C=O) groups is 2. The van der Waals surface area contributed by atoms with Crippen molar-refractivity contribution < 1.29 is 19.4 Å². The van der Waals surface area contributed by atoms with E-state index in [0.29, 0.717) is 19.5 Å². The minimum Gasteiger partial charge on any atom is -0.478 e. The number of carbonyl (C=O) groups excluding carboxylic acids is 1. The van der Waals surface area contributed by atoms with Gasteiger partial charge in [-0.25, -0.2) is 9.59 Å². The van der Waals surface area contributed by atoms with E-state index in [1.807, 2.05) is 36.4 Å². The third kappa shape index (κ3) is 4.26. The minimum absolute atomic E-state index is 0.267. The van der Waals surface area contributed by atoms with Crippen LogP contribution in [0, 0.1) is 0 Å². The number of benzene rings is 2. The van der Waals surface area contributed by atoms with Crippen molar-refractivity contribution in [2.45, 2.75) is 13.0 Å². The SMILES string of the molecule is O=C(O)c1ccc(C2=CCN(C(=O)OCc3ccccc3)CC2)cc1. The number of ether oxygens (including phenoxy) is 1. The number of nitrogens with zero attached hydrogens (tertiary/aromatic N) is 1. The zero-order valence-electron chi connectivity index (χ0n) is 13.7. The lowest BCUT2D eigenvalue weighted by Crippen LogP contribution is -2.35. The lowest BCUT2D eigenvalue weighted by Gasteiger charge is -2.26. The van der Waals surface area contributed by atoms with Gasteiger partial charge in [-0.15, -0.1) is 0 Å². The van der Waals surface area contributed by atoms with Crippen molar-refractivity contribution in [2.24, 2.45) is 0 Å². The van der Waals surface area contributed by atoms with Crippen molar-refractivity contribution in [2.75, 3.05) is 13.1 Å². The molecule has 0 bridgehead atoms. The standard InChI is InChI=1S/C20H19NO4/c22-19(23)18-8-6-16(7-9-18)17-10-12-21(13-11-17)20(24)25-14-15-4-2-1-3-5-15/h1-10H,11-14H2,(H,22,23). The Labute approximate surface area is 146 Å². The van der Waals surface area contributed by atoms with Crippen LogP contribution in [0.4, 0.5) is 4.79 Å². The molecule has 0 spiro atoms. The Morgan fingerprint density at radius 1 is 1.04 bits per heavy atom. The number of carboxylic acids is 1. The number of rotatable bonds is 4. The molecule has 1 aliphatic heterocycles. The van der Waals surface area contributed by atoms with Crippen LogP contribution >= 0.6 is 0 Å². The Morgan fingerprint density at radius 2 is 1.76 bits per heavy atom. The number of hydrogen-bond acceptors (Lipinski definition) is 3. The van der Waals surface area contributed by atoms with E-state index in [2.05, 4.69) is 0 Å². The van der Waals surface area contributed by atoms with Crippen LogP contribution in [0.5, 0.6) is 0 Å². The zero-order chi connectivity index (χ0) is 17.6. The Morgan fingerprint density at radius 3 is 2.36 bits per heavy atom. The summed E-state index contributed by atoms with van der Waals surface area (Å²) in [5, 5.41) is 8.94. The third-order valence-corrected chi connectivity index (χ3v) is 4.18. The normalized spacial score (nSPS) is 13.9. The van der Waals surface area contributed by atoms with E-state index < -0.39 is 5.97 Å². The summed E-state index contributed by atoms with van der Waals surface area (Å²) in [7, 11) is 0. The molecule has 0 aromatic heterocycles. The molecule has 0 fully saturated rings. The molecule has 5 heteroatoms. The van der Waals surface area contributed by atoms with Gasteiger partial charge in [-0.1, -0.05) is 48.5 Å². The van der Waals surface area contributed by atoms with Gasteiger partial charge in [0.25, 0.3) is 0 Å². The van der Waals surface area contributed by atoms with Crippen molar-refractivity contribution in [3.05, 3.63) is 77.4 Å². The summed E-state index contributed by atoms with van der Waals surface area (Å²) in [4.78, 5) is 24.7. The summed E-state index contributed by atoms with van der Waals surface area (Å²) in [6.45, 7) is 1.34. The predicted octanol–water partition coefficient (Wildman–Crippen LogP) is 3.81. The van der Waals surface area contributed by atoms with E-state index in [0.717, 1.165) is 16.7 Å². The van der Waals surface area contributed by atoms with Crippen LogP contribution in [-0.4, -0.2) is 35.2 Å². The monoisotopic (exact) mass is 337 g/mol. The fraction of sp³-hybridized carbons (Fsp3) is 0.200. The predicted molar refractivity (Wildman–Crippen MR) is 94.2 cm³/mol. The number of carboxylic acid groups (broad SMARTS) is 1. The van der Waals surface area contributed by atoms with Crippen LogP contribution < -0.4 is 0 Å². The lowest BCUT2D eigenvalue weighted by molar-refractivity contribution is 0.0696. The molecule has 1 heterocycles. The van der Waals surface area contributed by atoms with Crippen LogP contribution in [0.15, 0.2) is 60.7 Å². The average molecular weight is 337 g/mol. The highest BCUT2D eigenvalue weighted by Crippen LogP contribution is 2.23. The van der Waals surface area contributed by atoms with Gasteiger partial charge in [0.2, 0.25) is 0 Å². The molecule has 2 aromatic rings. The second-order valence-electron chi connectivity index (χ2n) is 5.85. The summed E-state index contributed by atoms with van der Waals surface area (Å²) < 4.78 is 5.34. The Kier molecular flexibility index (Phi) is 5.14. The zero-order valence-corrected chi connectivity index (χ0v) is 13.7. The molecule has 0 aliphatic carbocycles. The minimum atomic E-state index is -0.934. The fourth-order valence-electron chi connectivity index (χ4n) is 2.73. The highest BCUT2D eigenvalue weighted by atomic mass is 16.6. The van der Waals surface area contributed by atoms with Gasteiger partial charge in [0.05, 0.1) is 5.56 Å². The summed E-state index contributed by atoms with van der Waals surface area (Å²) in [6, 6.07) is 16.4. The number of aromatic carboxylic acids is 1. The topological polar surface area (TPSA) is 66.8 Å². The second kappa shape index (κ2) is 7.66. The molecule has 25 heavy (non-hydrogen) atoms. The van der Waals surface area contributed by atoms with Gasteiger partial charge >= 0.3 is 12.1 Å². The Bertz CT molecular complexity index is 781. The van der Waals surface area contributed by atoms with Crippen LogP contribution in [0.2, 0.25) is 0 Å². The summed E-state index contributed by atoms with van der Waals surface area (Å²) in [5.41, 5.74) is 3.33. The van der Waals surface area contributed by atoms with Gasteiger partial charge in [-0.05, 0) is 35.3 Å². The van der Waals surface area contributed by atoms with Gasteiger partial charge in [0.15, 0.2) is 0 Å². The largest absolute Gasteiger partial charge is 0.478 e. The van der Waals surface area contributed by atoms with Crippen molar-refractivity contribution in [3.8, 4) is 0 Å². The molecule has 3 rings (SSSR count). The van der Waals surface area contributed by atoms with E-state index in [9.17, 15) is 9.59 Å². The third-order valence-electron chi connectivity index (χ3n) is 4.18. The molecule has 1 N–H and O–H groups in total. The van der Waals surface area contributed by atoms with Gasteiger partial charge < -0.3 is 14.7 Å². The summed E-state index contributed by atoms with van der Waals surface area (Å²) in [5.74, 6) is -0.934. The molecular weight excluding hydrogens is 318 g/mol. The van der Waals surface area contributed by atoms with E-state index in [4.69, 9.17) is 9.84 Å². The molecule has 5 nitrogen and oxygen atoms in total. The molecule has 0 saturated carbocycles. The average Bonchev–Trinajstić information content (AvgIpc) is 2.67. The van der Waals surface area contributed by atoms with Crippen LogP contribution in [0.3, 0.4) is 0 Å². The van der Waals surface area contributed by atoms with Crippen molar-refractivity contribution in [3.63, 3.8) is 0 Å². The molecule has 128 valence electrons. The first-order valence-corrected chi connectivity index (χ1v) is 8.12. The molecule has 1 amide bonds. The highest BCUT2D eigenvalue weighted by molar-refractivity contribution is 5.88. The van der Waals surface area contributed by atoms with Crippen molar-refractivity contribution in [1.82, 2.24) is 4.90 Å². The molecule has 0 atom stereocenters. The number of hydrogen-bond donors (Lipinski definition) is 1. The van der Waals surface area contributed by atoms with Crippen LogP contribution in [0.25, 0.3) is 5.57 Å². The summed E-state index contributed by atoms with van der Waals surface area (Å²) in [6.07, 6.45) is 2.39. The maximum atomic E-state index is 12.1. The first-order chi connectivity index (χ1) is 12.1. The van der Waals surface area contributed by atoms with Crippen molar-refractivity contribution >= 4 is 17.6 Å². The van der Waals surface area contributed by atoms with Gasteiger partial charge in [-0.2, -0.15) is 0 Å². The maximum Gasteiger partial charge on any atom is 0.410 e.